The maximum atomic E-state index is 12.7. The number of anilines is 3. The number of amides is 1. The second-order valence-corrected chi connectivity index (χ2v) is 7.27. The average molecular weight is 394 g/mol. The van der Waals surface area contributed by atoms with Crippen LogP contribution in [-0.2, 0) is 9.53 Å². The van der Waals surface area contributed by atoms with Crippen LogP contribution in [0, 0.1) is 5.92 Å². The van der Waals surface area contributed by atoms with Crippen molar-refractivity contribution in [2.75, 3.05) is 42.2 Å². The van der Waals surface area contributed by atoms with Crippen molar-refractivity contribution in [3.8, 4) is 0 Å². The first-order chi connectivity index (χ1) is 13.3. The minimum Gasteiger partial charge on any atom is -0.480 e. The fourth-order valence-corrected chi connectivity index (χ4v) is 2.90. The Morgan fingerprint density at radius 3 is 2.61 bits per heavy atom. The molecule has 0 fully saturated rings. The highest BCUT2D eigenvalue weighted by Crippen LogP contribution is 2.39. The van der Waals surface area contributed by atoms with Crippen LogP contribution in [0.25, 0.3) is 0 Å². The predicted octanol–water partition coefficient (Wildman–Crippen LogP) is 2.07. The molecule has 1 aliphatic heterocycles. The average Bonchev–Trinajstić information content (AvgIpc) is 3.01. The summed E-state index contributed by atoms with van der Waals surface area (Å²) in [5.41, 5.74) is 3.47. The zero-order valence-corrected chi connectivity index (χ0v) is 17.2. The number of aromatic nitrogens is 2. The Balaban J connectivity index is 2.30. The molecule has 0 saturated carbocycles. The van der Waals surface area contributed by atoms with E-state index in [0.29, 0.717) is 23.9 Å². The molecule has 2 heterocycles. The lowest BCUT2D eigenvalue weighted by Crippen LogP contribution is -2.52. The lowest BCUT2D eigenvalue weighted by molar-refractivity contribution is -0.140. The van der Waals surface area contributed by atoms with Gasteiger partial charge in [0.05, 0.1) is 6.61 Å². The zero-order chi connectivity index (χ0) is 20.8. The number of carbonyl (C=O) groups excluding carboxylic acids is 1. The van der Waals surface area contributed by atoms with Gasteiger partial charge in [-0.05, 0) is 12.3 Å². The number of rotatable bonds is 9. The van der Waals surface area contributed by atoms with Gasteiger partial charge in [0.15, 0.2) is 11.6 Å². The lowest BCUT2D eigenvalue weighted by Gasteiger charge is -2.26. The summed E-state index contributed by atoms with van der Waals surface area (Å²) in [5.74, 6) is -0.141. The van der Waals surface area contributed by atoms with Crippen LogP contribution in [0.2, 0.25) is 0 Å². The van der Waals surface area contributed by atoms with E-state index >= 15 is 0 Å². The first kappa shape index (κ1) is 21.7. The predicted molar refractivity (Wildman–Crippen MR) is 106 cm³/mol. The molecular formula is C18H30N6O4. The van der Waals surface area contributed by atoms with Gasteiger partial charge in [0.25, 0.3) is 0 Å². The van der Waals surface area contributed by atoms with E-state index < -0.39 is 18.1 Å². The third kappa shape index (κ3) is 4.80. The Kier molecular flexibility index (Phi) is 7.38. The fourth-order valence-electron chi connectivity index (χ4n) is 2.90. The molecule has 1 amide bonds. The van der Waals surface area contributed by atoms with E-state index in [4.69, 9.17) is 4.74 Å². The van der Waals surface area contributed by atoms with Crippen molar-refractivity contribution in [1.29, 1.82) is 0 Å². The Labute approximate surface area is 165 Å². The van der Waals surface area contributed by atoms with E-state index in [1.54, 1.807) is 9.91 Å². The summed E-state index contributed by atoms with van der Waals surface area (Å²) in [7, 11) is 3.63. The number of hydrogen-bond acceptors (Lipinski definition) is 8. The topological polar surface area (TPSA) is 111 Å². The van der Waals surface area contributed by atoms with Crippen molar-refractivity contribution in [3.05, 3.63) is 6.33 Å². The number of hydrogen-bond donors (Lipinski definition) is 2. The van der Waals surface area contributed by atoms with E-state index in [1.807, 2.05) is 27.9 Å². The normalized spacial score (nSPS) is 14.2. The number of ether oxygens (including phenoxy) is 1. The van der Waals surface area contributed by atoms with Crippen molar-refractivity contribution >= 4 is 29.4 Å². The van der Waals surface area contributed by atoms with Crippen molar-refractivity contribution in [2.24, 2.45) is 5.92 Å². The third-order valence-electron chi connectivity index (χ3n) is 4.44. The second-order valence-electron chi connectivity index (χ2n) is 7.27. The number of nitrogens with one attached hydrogen (secondary N) is 1. The minimum atomic E-state index is -0.973. The number of carbonyl (C=O) groups is 2. The second kappa shape index (κ2) is 9.54. The Bertz CT molecular complexity index is 697. The molecular weight excluding hydrogens is 364 g/mol. The Hall–Kier alpha value is -2.62. The fraction of sp³-hybridized carbons (Fsp3) is 0.667. The standard InChI is InChI=1S/C18H30N6O4/c1-6-7-8-9-28-18(27)23-11-24(21-13(12(2)3)17(25)26)16-14(23)15(22(4)5)19-10-20-16/h10,12-13,21H,6-9,11H2,1-5H3,(H,25,26)/t13-/m0/s1. The number of carboxylic acid groups (broad SMARTS) is 1. The minimum absolute atomic E-state index is 0.0813. The number of nitrogens with zero attached hydrogens (tertiary/aromatic N) is 5. The summed E-state index contributed by atoms with van der Waals surface area (Å²) in [6, 6.07) is -0.828. The van der Waals surface area contributed by atoms with Gasteiger partial charge in [0, 0.05) is 14.1 Å². The molecule has 10 heteroatoms. The van der Waals surface area contributed by atoms with Gasteiger partial charge in [-0.1, -0.05) is 33.6 Å². The number of hydrazine groups is 1. The summed E-state index contributed by atoms with van der Waals surface area (Å²) < 4.78 is 5.41. The van der Waals surface area contributed by atoms with Crippen LogP contribution in [0.5, 0.6) is 0 Å². The third-order valence-corrected chi connectivity index (χ3v) is 4.44. The van der Waals surface area contributed by atoms with Crippen molar-refractivity contribution in [3.63, 3.8) is 0 Å². The first-order valence-corrected chi connectivity index (χ1v) is 9.51. The van der Waals surface area contributed by atoms with Crippen LogP contribution in [-0.4, -0.2) is 60.5 Å². The monoisotopic (exact) mass is 394 g/mol. The van der Waals surface area contributed by atoms with Crippen LogP contribution in [0.3, 0.4) is 0 Å². The SMILES string of the molecule is CCCCCOC(=O)N1CN(N[C@H](C(=O)O)C(C)C)c2ncnc(N(C)C)c21. The highest BCUT2D eigenvalue weighted by Gasteiger charge is 2.38. The molecule has 0 bridgehead atoms. The summed E-state index contributed by atoms with van der Waals surface area (Å²) in [6.07, 6.45) is 3.70. The summed E-state index contributed by atoms with van der Waals surface area (Å²) in [5, 5.41) is 11.1. The molecule has 0 aromatic carbocycles. The lowest BCUT2D eigenvalue weighted by atomic mass is 10.1. The molecule has 10 nitrogen and oxygen atoms in total. The van der Waals surface area contributed by atoms with Gasteiger partial charge in [-0.25, -0.2) is 20.2 Å². The van der Waals surface area contributed by atoms with E-state index in [9.17, 15) is 14.7 Å². The van der Waals surface area contributed by atoms with E-state index in [2.05, 4.69) is 22.3 Å². The van der Waals surface area contributed by atoms with Crippen LogP contribution in [0.4, 0.5) is 22.1 Å². The van der Waals surface area contributed by atoms with Gasteiger partial charge in [0.1, 0.15) is 24.7 Å². The van der Waals surface area contributed by atoms with Gasteiger partial charge in [-0.2, -0.15) is 0 Å². The molecule has 28 heavy (non-hydrogen) atoms. The molecule has 0 unspecified atom stereocenters. The van der Waals surface area contributed by atoms with Crippen LogP contribution in [0.1, 0.15) is 40.0 Å². The summed E-state index contributed by atoms with van der Waals surface area (Å²) in [6.45, 7) is 6.12. The molecule has 1 aromatic rings. The van der Waals surface area contributed by atoms with Gasteiger partial charge in [-0.3, -0.25) is 14.7 Å². The molecule has 1 aromatic heterocycles. The molecule has 2 N–H and O–H groups in total. The smallest absolute Gasteiger partial charge is 0.416 e. The molecule has 0 spiro atoms. The maximum absolute atomic E-state index is 12.7. The molecule has 156 valence electrons. The first-order valence-electron chi connectivity index (χ1n) is 9.51. The van der Waals surface area contributed by atoms with Crippen LogP contribution >= 0.6 is 0 Å². The molecule has 0 aliphatic carbocycles. The molecule has 0 radical (unpaired) electrons. The zero-order valence-electron chi connectivity index (χ0n) is 17.2. The maximum Gasteiger partial charge on any atom is 0.416 e. The van der Waals surface area contributed by atoms with E-state index in [0.717, 1.165) is 19.3 Å². The van der Waals surface area contributed by atoms with Gasteiger partial charge < -0.3 is 14.7 Å². The number of carboxylic acids is 1. The summed E-state index contributed by atoms with van der Waals surface area (Å²) in [4.78, 5) is 36.1. The molecule has 2 rings (SSSR count). The van der Waals surface area contributed by atoms with Gasteiger partial charge in [-0.15, -0.1) is 0 Å². The molecule has 1 aliphatic rings. The number of fused-ring (bicyclic) bond motifs is 1. The van der Waals surface area contributed by atoms with Crippen molar-refractivity contribution in [1.82, 2.24) is 15.4 Å². The van der Waals surface area contributed by atoms with Gasteiger partial charge in [0.2, 0.25) is 0 Å². The van der Waals surface area contributed by atoms with Gasteiger partial charge >= 0.3 is 12.1 Å². The molecule has 0 saturated heterocycles. The van der Waals surface area contributed by atoms with Crippen molar-refractivity contribution in [2.45, 2.75) is 46.1 Å². The van der Waals surface area contributed by atoms with Crippen LogP contribution < -0.4 is 20.2 Å². The highest BCUT2D eigenvalue weighted by molar-refractivity contribution is 5.99. The largest absolute Gasteiger partial charge is 0.480 e. The Morgan fingerprint density at radius 2 is 2.04 bits per heavy atom. The van der Waals surface area contributed by atoms with E-state index in [1.165, 1.54) is 11.2 Å². The quantitative estimate of drug-likeness (QED) is 0.608. The summed E-state index contributed by atoms with van der Waals surface area (Å²) >= 11 is 0. The molecule has 1 atom stereocenters. The van der Waals surface area contributed by atoms with Crippen LogP contribution in [0.15, 0.2) is 6.33 Å². The van der Waals surface area contributed by atoms with E-state index in [-0.39, 0.29) is 12.6 Å². The highest BCUT2D eigenvalue weighted by atomic mass is 16.6. The number of unbranched alkanes of at least 4 members (excludes halogenated alkanes) is 2. The van der Waals surface area contributed by atoms with Crippen molar-refractivity contribution < 1.29 is 19.4 Å². The Morgan fingerprint density at radius 1 is 1.32 bits per heavy atom. The number of aliphatic carboxylic acids is 1.